The van der Waals surface area contributed by atoms with Crippen molar-refractivity contribution in [1.29, 1.82) is 0 Å². The van der Waals surface area contributed by atoms with E-state index < -0.39 is 11.9 Å². The standard InChI is InChI=1S/C13H15BrFNO3/c1-6-9(15)4-8(14)12(19-2)11(6)10-3-7(5-16-10)13(17)18/h4,7,10,16H,3,5H2,1-2H3,(H,17,18). The van der Waals surface area contributed by atoms with Crippen molar-refractivity contribution in [3.8, 4) is 5.75 Å². The van der Waals surface area contributed by atoms with Crippen molar-refractivity contribution in [2.75, 3.05) is 13.7 Å². The molecule has 0 radical (unpaired) electrons. The molecule has 0 saturated carbocycles. The third-order valence-corrected chi connectivity index (χ3v) is 4.10. The maximum Gasteiger partial charge on any atom is 0.307 e. The van der Waals surface area contributed by atoms with E-state index in [9.17, 15) is 9.18 Å². The van der Waals surface area contributed by atoms with Gasteiger partial charge in [0, 0.05) is 18.2 Å². The largest absolute Gasteiger partial charge is 0.495 e. The van der Waals surface area contributed by atoms with Crippen LogP contribution in [0.4, 0.5) is 4.39 Å². The third kappa shape index (κ3) is 2.60. The smallest absolute Gasteiger partial charge is 0.307 e. The topological polar surface area (TPSA) is 58.6 Å². The summed E-state index contributed by atoms with van der Waals surface area (Å²) in [5.41, 5.74) is 1.18. The normalized spacial score (nSPS) is 22.5. The number of carboxylic acid groups (broad SMARTS) is 1. The van der Waals surface area contributed by atoms with Gasteiger partial charge in [0.2, 0.25) is 0 Å². The van der Waals surface area contributed by atoms with E-state index in [1.165, 1.54) is 13.2 Å². The number of carbonyl (C=O) groups is 1. The number of halogens is 2. The summed E-state index contributed by atoms with van der Waals surface area (Å²) >= 11 is 3.27. The highest BCUT2D eigenvalue weighted by Crippen LogP contribution is 2.40. The fourth-order valence-electron chi connectivity index (χ4n) is 2.48. The number of benzene rings is 1. The molecule has 0 aliphatic carbocycles. The molecule has 1 aromatic carbocycles. The van der Waals surface area contributed by atoms with Crippen molar-refractivity contribution in [3.63, 3.8) is 0 Å². The fraction of sp³-hybridized carbons (Fsp3) is 0.462. The lowest BCUT2D eigenvalue weighted by Gasteiger charge is -2.19. The Kier molecular flexibility index (Phi) is 4.10. The van der Waals surface area contributed by atoms with Crippen LogP contribution in [-0.4, -0.2) is 24.7 Å². The van der Waals surface area contributed by atoms with E-state index in [1.807, 2.05) is 0 Å². The van der Waals surface area contributed by atoms with E-state index in [1.54, 1.807) is 6.92 Å². The number of aliphatic carboxylic acids is 1. The Balaban J connectivity index is 2.42. The van der Waals surface area contributed by atoms with Crippen LogP contribution in [0, 0.1) is 18.7 Å². The number of carboxylic acids is 1. The molecule has 6 heteroatoms. The number of nitrogens with one attached hydrogen (secondary N) is 1. The van der Waals surface area contributed by atoms with E-state index in [0.29, 0.717) is 34.3 Å². The van der Waals surface area contributed by atoms with Crippen LogP contribution in [0.15, 0.2) is 10.5 Å². The van der Waals surface area contributed by atoms with Crippen LogP contribution in [0.25, 0.3) is 0 Å². The first-order valence-corrected chi connectivity index (χ1v) is 6.73. The van der Waals surface area contributed by atoms with Gasteiger partial charge >= 0.3 is 5.97 Å². The highest BCUT2D eigenvalue weighted by atomic mass is 79.9. The third-order valence-electron chi connectivity index (χ3n) is 3.51. The summed E-state index contributed by atoms with van der Waals surface area (Å²) in [6.45, 7) is 2.06. The number of rotatable bonds is 3. The highest BCUT2D eigenvalue weighted by Gasteiger charge is 2.33. The number of methoxy groups -OCH3 is 1. The van der Waals surface area contributed by atoms with E-state index in [-0.39, 0.29) is 11.9 Å². The van der Waals surface area contributed by atoms with E-state index in [2.05, 4.69) is 21.2 Å². The average molecular weight is 332 g/mol. The van der Waals surface area contributed by atoms with Crippen molar-refractivity contribution in [3.05, 3.63) is 27.5 Å². The van der Waals surface area contributed by atoms with Crippen molar-refractivity contribution in [2.24, 2.45) is 5.92 Å². The Morgan fingerprint density at radius 2 is 2.32 bits per heavy atom. The molecule has 2 N–H and O–H groups in total. The zero-order valence-corrected chi connectivity index (χ0v) is 12.3. The molecule has 1 aliphatic rings. The maximum atomic E-state index is 13.8. The molecule has 104 valence electrons. The average Bonchev–Trinajstić information content (AvgIpc) is 2.82. The lowest BCUT2D eigenvalue weighted by Crippen LogP contribution is -2.18. The molecule has 0 amide bonds. The van der Waals surface area contributed by atoms with Gasteiger partial charge in [0.25, 0.3) is 0 Å². The molecule has 1 heterocycles. The first-order valence-electron chi connectivity index (χ1n) is 5.94. The van der Waals surface area contributed by atoms with E-state index >= 15 is 0 Å². The number of hydrogen-bond acceptors (Lipinski definition) is 3. The van der Waals surface area contributed by atoms with Crippen LogP contribution >= 0.6 is 15.9 Å². The van der Waals surface area contributed by atoms with Gasteiger partial charge in [-0.05, 0) is 40.9 Å². The molecule has 19 heavy (non-hydrogen) atoms. The second-order valence-electron chi connectivity index (χ2n) is 4.64. The molecule has 2 rings (SSSR count). The molecule has 4 nitrogen and oxygen atoms in total. The summed E-state index contributed by atoms with van der Waals surface area (Å²) in [5.74, 6) is -1.05. The van der Waals surface area contributed by atoms with Gasteiger partial charge in [-0.1, -0.05) is 0 Å². The van der Waals surface area contributed by atoms with Gasteiger partial charge in [0.15, 0.2) is 0 Å². The van der Waals surface area contributed by atoms with Crippen LogP contribution in [-0.2, 0) is 4.79 Å². The second kappa shape index (κ2) is 5.46. The van der Waals surface area contributed by atoms with Crippen molar-refractivity contribution in [2.45, 2.75) is 19.4 Å². The SMILES string of the molecule is COc1c(Br)cc(F)c(C)c1C1CC(C(=O)O)CN1. The Morgan fingerprint density at radius 3 is 2.84 bits per heavy atom. The van der Waals surface area contributed by atoms with Crippen LogP contribution in [0.3, 0.4) is 0 Å². The quantitative estimate of drug-likeness (QED) is 0.893. The molecule has 1 saturated heterocycles. The molecule has 2 atom stereocenters. The van der Waals surface area contributed by atoms with Crippen molar-refractivity contribution < 1.29 is 19.0 Å². The molecule has 1 aromatic rings. The first-order chi connectivity index (χ1) is 8.95. The Labute approximate surface area is 119 Å². The molecule has 0 aromatic heterocycles. The predicted octanol–water partition coefficient (Wildman–Crippen LogP) is 2.64. The Morgan fingerprint density at radius 1 is 1.63 bits per heavy atom. The zero-order valence-electron chi connectivity index (χ0n) is 10.7. The maximum absolute atomic E-state index is 13.8. The first kappa shape index (κ1) is 14.3. The van der Waals surface area contributed by atoms with Gasteiger partial charge in [-0.2, -0.15) is 0 Å². The summed E-state index contributed by atoms with van der Waals surface area (Å²) in [7, 11) is 1.52. The van der Waals surface area contributed by atoms with Crippen LogP contribution in [0.1, 0.15) is 23.6 Å². The minimum absolute atomic E-state index is 0.206. The fourth-order valence-corrected chi connectivity index (χ4v) is 3.06. The molecule has 0 spiro atoms. The van der Waals surface area contributed by atoms with Crippen molar-refractivity contribution >= 4 is 21.9 Å². The second-order valence-corrected chi connectivity index (χ2v) is 5.50. The lowest BCUT2D eigenvalue weighted by atomic mass is 9.95. The van der Waals surface area contributed by atoms with Crippen LogP contribution in [0.5, 0.6) is 5.75 Å². The van der Waals surface area contributed by atoms with Gasteiger partial charge in [0.05, 0.1) is 17.5 Å². The summed E-state index contributed by atoms with van der Waals surface area (Å²) in [6, 6.07) is 1.16. The highest BCUT2D eigenvalue weighted by molar-refractivity contribution is 9.10. The van der Waals surface area contributed by atoms with Gasteiger partial charge in [-0.25, -0.2) is 4.39 Å². The number of hydrogen-bond donors (Lipinski definition) is 2. The monoisotopic (exact) mass is 331 g/mol. The van der Waals surface area contributed by atoms with Gasteiger partial charge in [-0.15, -0.1) is 0 Å². The minimum Gasteiger partial charge on any atom is -0.495 e. The molecule has 2 unspecified atom stereocenters. The molecule has 1 aliphatic heterocycles. The Bertz CT molecular complexity index is 521. The molecule has 0 bridgehead atoms. The number of ether oxygens (including phenoxy) is 1. The summed E-state index contributed by atoms with van der Waals surface area (Å²) in [5, 5.41) is 12.2. The van der Waals surface area contributed by atoms with Crippen LogP contribution in [0.2, 0.25) is 0 Å². The summed E-state index contributed by atoms with van der Waals surface area (Å²) in [6.07, 6.45) is 0.433. The van der Waals surface area contributed by atoms with E-state index in [0.717, 1.165) is 0 Å². The minimum atomic E-state index is -0.831. The van der Waals surface area contributed by atoms with Gasteiger partial charge in [-0.3, -0.25) is 4.79 Å². The summed E-state index contributed by atoms with van der Waals surface area (Å²) < 4.78 is 19.7. The molecule has 1 fully saturated rings. The lowest BCUT2D eigenvalue weighted by molar-refractivity contribution is -0.141. The van der Waals surface area contributed by atoms with Gasteiger partial charge < -0.3 is 15.2 Å². The molecular weight excluding hydrogens is 317 g/mol. The van der Waals surface area contributed by atoms with Gasteiger partial charge in [0.1, 0.15) is 11.6 Å². The summed E-state index contributed by atoms with van der Waals surface area (Å²) in [4.78, 5) is 11.0. The van der Waals surface area contributed by atoms with Crippen molar-refractivity contribution in [1.82, 2.24) is 5.32 Å². The zero-order chi connectivity index (χ0) is 14.2. The molecular formula is C13H15BrFNO3. The predicted molar refractivity (Wildman–Crippen MR) is 71.9 cm³/mol. The van der Waals surface area contributed by atoms with Crippen LogP contribution < -0.4 is 10.1 Å². The Hall–Kier alpha value is -1.14. The van der Waals surface area contributed by atoms with E-state index in [4.69, 9.17) is 9.84 Å².